The van der Waals surface area contributed by atoms with E-state index in [0.29, 0.717) is 116 Å². The van der Waals surface area contributed by atoms with E-state index in [0.717, 1.165) is 40.0 Å². The number of aliphatic imine (C=N–C) groups is 1. The van der Waals surface area contributed by atoms with Gasteiger partial charge in [-0.3, -0.25) is 33.9 Å². The minimum absolute atomic E-state index is 0.0104. The van der Waals surface area contributed by atoms with E-state index in [1.54, 1.807) is 44.2 Å². The number of oxime groups is 1. The number of amides is 5. The lowest BCUT2D eigenvalue weighted by Crippen LogP contribution is -2.39. The summed E-state index contributed by atoms with van der Waals surface area (Å²) in [5, 5.41) is 17.9. The molecule has 4 aliphatic rings. The number of ether oxygens (including phenoxy) is 4. The van der Waals surface area contributed by atoms with E-state index in [1.807, 2.05) is 91.7 Å². The van der Waals surface area contributed by atoms with Gasteiger partial charge in [-0.15, -0.1) is 5.16 Å². The van der Waals surface area contributed by atoms with Crippen molar-refractivity contribution >= 4 is 77.2 Å². The molecule has 5 N–H and O–H groups in total. The number of unbranched alkanes of at least 4 members (excludes halogenated alkanes) is 1. The first kappa shape index (κ1) is 58.9. The van der Waals surface area contributed by atoms with Gasteiger partial charge in [-0.1, -0.05) is 50.2 Å². The first-order chi connectivity index (χ1) is 38.9. The molecule has 5 aromatic carbocycles. The summed E-state index contributed by atoms with van der Waals surface area (Å²) in [4.78, 5) is 86.5. The lowest BCUT2D eigenvalue weighted by Gasteiger charge is -2.22. The summed E-state index contributed by atoms with van der Waals surface area (Å²) >= 11 is 0. The number of nitrogens with one attached hydrogen (secondary N) is 5. The van der Waals surface area contributed by atoms with Crippen molar-refractivity contribution in [1.82, 2.24) is 16.0 Å². The minimum atomic E-state index is -0.436. The molecule has 0 spiro atoms. The standard InChI is InChI=1S/C46H44N6O7.C12H21N3O4.C2H6/c1-26(47-2)44(53)50-31-14-27(24-58-42-20-36-34(18-40(42)56-3)45(54)51-32(22-48-36)16-29-9-5-7-11-38(29)51)13-28(15-31)25-59-43-21-37-35(19-41(43)57-4)46(55)52-33(23-49-37)17-30-10-6-8-12-39(30)52;1-13-19-10-4-7-14-11(17)5-2-3-6-12(18)15-8-9-16;1-2/h5-15,18-22,26,32-33,47,49H,16-17,23-25H2,1-4H3,(H,50,53);9H,1-8,10H2,(H,14,17)(H,15,18);1-2H3/t26?,32-,33?;;/m0../s1. The molecule has 0 radical (unpaired) electrons. The highest BCUT2D eigenvalue weighted by Crippen LogP contribution is 2.43. The van der Waals surface area contributed by atoms with E-state index in [4.69, 9.17) is 23.9 Å². The van der Waals surface area contributed by atoms with Crippen molar-refractivity contribution in [3.8, 4) is 23.0 Å². The van der Waals surface area contributed by atoms with Crippen LogP contribution in [-0.4, -0.2) is 114 Å². The van der Waals surface area contributed by atoms with Gasteiger partial charge in [0.05, 0.1) is 61.4 Å². The molecule has 422 valence electrons. The highest BCUT2D eigenvalue weighted by molar-refractivity contribution is 6.15. The Hall–Kier alpha value is -8.78. The SMILES string of the molecule is C=NOCCCNC(=O)CCCCC(=O)NCC=O.CC.CNC(C)C(=O)Nc1cc(COc2cc3c(cc2OC)C(=O)N2c4ccccc4C[C@H]2C=N3)cc(COc2cc3c(cc2OC)C(=O)N2c4ccccc4CC2CN3)c1. The van der Waals surface area contributed by atoms with Crippen LogP contribution in [-0.2, 0) is 50.1 Å². The molecule has 5 amide bonds. The molecule has 0 bridgehead atoms. The van der Waals surface area contributed by atoms with Crippen LogP contribution < -0.4 is 55.3 Å². The van der Waals surface area contributed by atoms with Gasteiger partial charge in [0.25, 0.3) is 11.8 Å². The van der Waals surface area contributed by atoms with Crippen LogP contribution >= 0.6 is 0 Å². The number of methoxy groups -OCH3 is 2. The Labute approximate surface area is 466 Å². The van der Waals surface area contributed by atoms with E-state index in [9.17, 15) is 28.8 Å². The zero-order valence-corrected chi connectivity index (χ0v) is 46.2. The highest BCUT2D eigenvalue weighted by Gasteiger charge is 2.39. The second-order valence-electron chi connectivity index (χ2n) is 18.9. The molecule has 0 saturated heterocycles. The number of nitrogens with zero attached hydrogens (tertiary/aromatic N) is 4. The maximum absolute atomic E-state index is 14.0. The van der Waals surface area contributed by atoms with Gasteiger partial charge in [-0.05, 0) is 98.0 Å². The zero-order valence-electron chi connectivity index (χ0n) is 46.2. The molecule has 0 saturated carbocycles. The number of hydrogen-bond donors (Lipinski definition) is 5. The topological polar surface area (TPSA) is 240 Å². The van der Waals surface area contributed by atoms with Crippen molar-refractivity contribution < 1.29 is 52.6 Å². The molecule has 0 fully saturated rings. The van der Waals surface area contributed by atoms with Crippen LogP contribution in [0, 0.1) is 0 Å². The summed E-state index contributed by atoms with van der Waals surface area (Å²) in [5.74, 6) is 1.02. The first-order valence-corrected chi connectivity index (χ1v) is 26.9. The van der Waals surface area contributed by atoms with Crippen LogP contribution in [0.2, 0.25) is 0 Å². The smallest absolute Gasteiger partial charge is 0.261 e. The van der Waals surface area contributed by atoms with Gasteiger partial charge < -0.3 is 60.1 Å². The van der Waals surface area contributed by atoms with Gasteiger partial charge in [0.15, 0.2) is 23.0 Å². The molecule has 9 rings (SSSR count). The largest absolute Gasteiger partial charge is 0.493 e. The number of rotatable bonds is 23. The third-order valence-corrected chi connectivity index (χ3v) is 13.7. The Kier molecular flexibility index (Phi) is 21.1. The van der Waals surface area contributed by atoms with Gasteiger partial charge >= 0.3 is 0 Å². The van der Waals surface area contributed by atoms with Gasteiger partial charge in [0, 0.05) is 80.9 Å². The molecule has 20 heteroatoms. The number of carbonyl (C=O) groups excluding carboxylic acids is 6. The van der Waals surface area contributed by atoms with Gasteiger partial charge in [0.1, 0.15) is 26.1 Å². The summed E-state index contributed by atoms with van der Waals surface area (Å²) < 4.78 is 24.3. The number of fused-ring (bicyclic) bond motifs is 8. The fourth-order valence-electron chi connectivity index (χ4n) is 9.64. The van der Waals surface area contributed by atoms with E-state index < -0.39 is 6.04 Å². The van der Waals surface area contributed by atoms with E-state index in [-0.39, 0.29) is 61.4 Å². The third kappa shape index (κ3) is 14.5. The Morgan fingerprint density at radius 2 is 1.38 bits per heavy atom. The molecule has 4 aliphatic heterocycles. The molecule has 4 heterocycles. The van der Waals surface area contributed by atoms with Gasteiger partial charge in [-0.25, -0.2) is 0 Å². The van der Waals surface area contributed by atoms with Gasteiger partial charge in [0.2, 0.25) is 17.7 Å². The fraction of sp³-hybridized carbons (Fsp3) is 0.367. The van der Waals surface area contributed by atoms with E-state index in [1.165, 1.54) is 7.11 Å². The quantitative estimate of drug-likeness (QED) is 0.0182. The number of likely N-dealkylation sites (N-methyl/N-ethyl adjacent to an activating group) is 1. The molecular weight excluding hydrogens is 1020 g/mol. The average molecular weight is 1090 g/mol. The number of benzene rings is 5. The molecule has 0 aliphatic carbocycles. The summed E-state index contributed by atoms with van der Waals surface area (Å²) in [6.45, 7) is 10.7. The maximum atomic E-state index is 14.0. The summed E-state index contributed by atoms with van der Waals surface area (Å²) in [6, 6.07) is 27.9. The predicted octanol–water partition coefficient (Wildman–Crippen LogP) is 7.72. The van der Waals surface area contributed by atoms with E-state index in [2.05, 4.69) is 49.4 Å². The predicted molar refractivity (Wildman–Crippen MR) is 308 cm³/mol. The van der Waals surface area contributed by atoms with Crippen molar-refractivity contribution in [1.29, 1.82) is 0 Å². The van der Waals surface area contributed by atoms with Crippen LogP contribution in [0.1, 0.15) is 95.8 Å². The zero-order chi connectivity index (χ0) is 57.1. The Bertz CT molecular complexity index is 3070. The van der Waals surface area contributed by atoms with Crippen LogP contribution in [0.3, 0.4) is 0 Å². The minimum Gasteiger partial charge on any atom is -0.493 e. The normalized spacial score (nSPS) is 15.3. The van der Waals surface area contributed by atoms with Crippen LogP contribution in [0.25, 0.3) is 0 Å². The van der Waals surface area contributed by atoms with Crippen molar-refractivity contribution in [2.24, 2.45) is 10.1 Å². The third-order valence-electron chi connectivity index (χ3n) is 13.7. The van der Waals surface area contributed by atoms with Crippen molar-refractivity contribution in [2.45, 2.75) is 97.1 Å². The average Bonchev–Trinajstić information content (AvgIpc) is 4.19. The monoisotopic (exact) mass is 1090 g/mol. The summed E-state index contributed by atoms with van der Waals surface area (Å²) in [6.07, 6.45) is 6.59. The Morgan fingerprint density at radius 3 is 2.01 bits per heavy atom. The lowest BCUT2D eigenvalue weighted by atomic mass is 10.1. The molecule has 20 nitrogen and oxygen atoms in total. The van der Waals surface area contributed by atoms with Crippen LogP contribution in [0.4, 0.5) is 28.4 Å². The molecule has 80 heavy (non-hydrogen) atoms. The molecule has 5 aromatic rings. The van der Waals surface area contributed by atoms with Crippen molar-refractivity contribution in [3.05, 3.63) is 124 Å². The second kappa shape index (κ2) is 28.7. The summed E-state index contributed by atoms with van der Waals surface area (Å²) in [5.41, 5.74) is 8.22. The highest BCUT2D eigenvalue weighted by atomic mass is 16.6. The number of hydrogen-bond acceptors (Lipinski definition) is 15. The Morgan fingerprint density at radius 1 is 0.775 bits per heavy atom. The first-order valence-electron chi connectivity index (χ1n) is 26.9. The number of para-hydroxylation sites is 2. The maximum Gasteiger partial charge on any atom is 0.261 e. The van der Waals surface area contributed by atoms with Crippen molar-refractivity contribution in [2.75, 3.05) is 67.9 Å². The number of anilines is 4. The number of aldehydes is 1. The summed E-state index contributed by atoms with van der Waals surface area (Å²) in [7, 11) is 4.80. The second-order valence-corrected chi connectivity index (χ2v) is 18.9. The van der Waals surface area contributed by atoms with Crippen LogP contribution in [0.15, 0.2) is 101 Å². The van der Waals surface area contributed by atoms with Gasteiger partial charge in [-0.2, -0.15) is 0 Å². The van der Waals surface area contributed by atoms with Crippen molar-refractivity contribution in [3.63, 3.8) is 0 Å². The molecule has 0 aromatic heterocycles. The molecular formula is C60H71N9O11. The lowest BCUT2D eigenvalue weighted by molar-refractivity contribution is -0.123. The van der Waals surface area contributed by atoms with E-state index >= 15 is 0 Å². The Balaban J connectivity index is 0.000000376. The number of carbonyl (C=O) groups is 6. The molecule has 3 atom stereocenters. The molecule has 2 unspecified atom stereocenters. The van der Waals surface area contributed by atoms with Crippen LogP contribution in [0.5, 0.6) is 23.0 Å². The fourth-order valence-corrected chi connectivity index (χ4v) is 9.64.